The second-order valence-corrected chi connectivity index (χ2v) is 4.46. The Morgan fingerprint density at radius 1 is 1.29 bits per heavy atom. The molecule has 2 aromatic rings. The van der Waals surface area contributed by atoms with Crippen molar-refractivity contribution in [2.24, 2.45) is 5.73 Å². The lowest BCUT2D eigenvalue weighted by Crippen LogP contribution is -2.13. The van der Waals surface area contributed by atoms with Crippen LogP contribution in [0.5, 0.6) is 0 Å². The molecule has 0 aromatic carbocycles. The fourth-order valence-electron chi connectivity index (χ4n) is 2.43. The number of rotatable bonds is 2. The third-order valence-corrected chi connectivity index (χ3v) is 3.33. The summed E-state index contributed by atoms with van der Waals surface area (Å²) in [4.78, 5) is 8.84. The Kier molecular flexibility index (Phi) is 2.65. The molecule has 17 heavy (non-hydrogen) atoms. The molecule has 1 aliphatic rings. The summed E-state index contributed by atoms with van der Waals surface area (Å²) in [6.45, 7) is 0.522. The van der Waals surface area contributed by atoms with E-state index in [0.717, 1.165) is 24.2 Å². The van der Waals surface area contributed by atoms with Crippen molar-refractivity contribution in [1.82, 2.24) is 14.5 Å². The Labute approximate surface area is 101 Å². The largest absolute Gasteiger partial charge is 0.326 e. The van der Waals surface area contributed by atoms with E-state index in [1.54, 1.807) is 12.5 Å². The maximum atomic E-state index is 5.82. The van der Waals surface area contributed by atoms with Gasteiger partial charge in [0.2, 0.25) is 0 Å². The summed E-state index contributed by atoms with van der Waals surface area (Å²) in [5.41, 5.74) is 9.53. The lowest BCUT2D eigenvalue weighted by Gasteiger charge is -2.18. The first-order valence-corrected chi connectivity index (χ1v) is 6.08. The van der Waals surface area contributed by atoms with Crippen LogP contribution in [-0.4, -0.2) is 14.5 Å². The lowest BCUT2D eigenvalue weighted by molar-refractivity contribution is 0.662. The van der Waals surface area contributed by atoms with Crippen LogP contribution in [0.4, 0.5) is 0 Å². The summed E-state index contributed by atoms with van der Waals surface area (Å²) in [6, 6.07) is 2.22. The van der Waals surface area contributed by atoms with Gasteiger partial charge in [-0.2, -0.15) is 0 Å². The molecule has 0 amide bonds. The standard InChI is InChI=1S/C13H16N4/c14-8-11-7-10-3-1-2-4-12(10)16-13(11)17-6-5-15-9-17/h5-7,9H,1-4,8,14H2. The van der Waals surface area contributed by atoms with E-state index >= 15 is 0 Å². The van der Waals surface area contributed by atoms with E-state index in [1.807, 2.05) is 10.8 Å². The van der Waals surface area contributed by atoms with Crippen molar-refractivity contribution in [3.63, 3.8) is 0 Å². The first-order chi connectivity index (χ1) is 8.38. The highest BCUT2D eigenvalue weighted by Gasteiger charge is 2.15. The normalized spacial score (nSPS) is 14.6. The number of hydrogen-bond acceptors (Lipinski definition) is 3. The monoisotopic (exact) mass is 228 g/mol. The molecule has 0 spiro atoms. The molecule has 2 aromatic heterocycles. The number of fused-ring (bicyclic) bond motifs is 1. The van der Waals surface area contributed by atoms with Gasteiger partial charge in [0.1, 0.15) is 12.1 Å². The van der Waals surface area contributed by atoms with E-state index in [-0.39, 0.29) is 0 Å². The molecule has 2 N–H and O–H groups in total. The maximum Gasteiger partial charge on any atom is 0.142 e. The number of nitrogens with two attached hydrogens (primary N) is 1. The number of imidazole rings is 1. The Bertz CT molecular complexity index is 516. The highest BCUT2D eigenvalue weighted by atomic mass is 15.1. The van der Waals surface area contributed by atoms with Gasteiger partial charge in [0.05, 0.1) is 0 Å². The predicted octanol–water partition coefficient (Wildman–Crippen LogP) is 1.60. The van der Waals surface area contributed by atoms with Crippen LogP contribution in [0.1, 0.15) is 29.7 Å². The highest BCUT2D eigenvalue weighted by Crippen LogP contribution is 2.23. The van der Waals surface area contributed by atoms with E-state index in [9.17, 15) is 0 Å². The third-order valence-electron chi connectivity index (χ3n) is 3.33. The van der Waals surface area contributed by atoms with Crippen molar-refractivity contribution in [3.8, 4) is 5.82 Å². The first-order valence-electron chi connectivity index (χ1n) is 6.08. The molecule has 2 heterocycles. The van der Waals surface area contributed by atoms with Crippen LogP contribution < -0.4 is 5.73 Å². The van der Waals surface area contributed by atoms with Crippen molar-refractivity contribution in [3.05, 3.63) is 41.6 Å². The van der Waals surface area contributed by atoms with E-state index < -0.39 is 0 Å². The molecule has 0 aliphatic heterocycles. The smallest absolute Gasteiger partial charge is 0.142 e. The van der Waals surface area contributed by atoms with Crippen LogP contribution in [0.2, 0.25) is 0 Å². The Hall–Kier alpha value is -1.68. The molecule has 0 unspecified atom stereocenters. The first kappa shape index (κ1) is 10.5. The van der Waals surface area contributed by atoms with Gasteiger partial charge in [0.15, 0.2) is 0 Å². The molecule has 4 heteroatoms. The summed E-state index contributed by atoms with van der Waals surface area (Å²) < 4.78 is 1.94. The molecular weight excluding hydrogens is 212 g/mol. The molecule has 0 atom stereocenters. The molecule has 0 radical (unpaired) electrons. The highest BCUT2D eigenvalue weighted by molar-refractivity contribution is 5.40. The van der Waals surface area contributed by atoms with Crippen molar-refractivity contribution < 1.29 is 0 Å². The Balaban J connectivity index is 2.13. The summed E-state index contributed by atoms with van der Waals surface area (Å²) in [6.07, 6.45) is 10.2. The number of nitrogens with zero attached hydrogens (tertiary/aromatic N) is 3. The second-order valence-electron chi connectivity index (χ2n) is 4.46. The van der Waals surface area contributed by atoms with E-state index in [1.165, 1.54) is 24.1 Å². The average Bonchev–Trinajstić information content (AvgIpc) is 2.91. The van der Waals surface area contributed by atoms with Gasteiger partial charge in [-0.25, -0.2) is 9.97 Å². The molecule has 0 bridgehead atoms. The minimum Gasteiger partial charge on any atom is -0.326 e. The number of aromatic nitrogens is 3. The fourth-order valence-corrected chi connectivity index (χ4v) is 2.43. The fraction of sp³-hybridized carbons (Fsp3) is 0.385. The summed E-state index contributed by atoms with van der Waals surface area (Å²) in [5, 5.41) is 0. The van der Waals surface area contributed by atoms with Crippen molar-refractivity contribution in [2.45, 2.75) is 32.2 Å². The van der Waals surface area contributed by atoms with Crippen LogP contribution in [-0.2, 0) is 19.4 Å². The van der Waals surface area contributed by atoms with Crippen LogP contribution in [0.25, 0.3) is 5.82 Å². The van der Waals surface area contributed by atoms with Crippen molar-refractivity contribution >= 4 is 0 Å². The summed E-state index contributed by atoms with van der Waals surface area (Å²) >= 11 is 0. The van der Waals surface area contributed by atoms with E-state index in [2.05, 4.69) is 11.1 Å². The number of aryl methyl sites for hydroxylation is 2. The third kappa shape index (κ3) is 1.85. The van der Waals surface area contributed by atoms with Crippen LogP contribution >= 0.6 is 0 Å². The van der Waals surface area contributed by atoms with Crippen molar-refractivity contribution in [1.29, 1.82) is 0 Å². The molecule has 0 saturated carbocycles. The van der Waals surface area contributed by atoms with E-state index in [4.69, 9.17) is 10.7 Å². The zero-order chi connectivity index (χ0) is 11.7. The molecule has 0 saturated heterocycles. The molecular formula is C13H16N4. The Morgan fingerprint density at radius 2 is 2.18 bits per heavy atom. The van der Waals surface area contributed by atoms with Crippen molar-refractivity contribution in [2.75, 3.05) is 0 Å². The molecule has 88 valence electrons. The SMILES string of the molecule is NCc1cc2c(nc1-n1ccnc1)CCCC2. The summed E-state index contributed by atoms with van der Waals surface area (Å²) in [5.74, 6) is 0.936. The van der Waals surface area contributed by atoms with Gasteiger partial charge in [0.25, 0.3) is 0 Å². The van der Waals surface area contributed by atoms with Crippen LogP contribution in [0.3, 0.4) is 0 Å². The average molecular weight is 228 g/mol. The molecule has 1 aliphatic carbocycles. The Morgan fingerprint density at radius 3 is 2.94 bits per heavy atom. The zero-order valence-corrected chi connectivity index (χ0v) is 9.76. The minimum atomic E-state index is 0.522. The molecule has 3 rings (SSSR count). The summed E-state index contributed by atoms with van der Waals surface area (Å²) in [7, 11) is 0. The molecule has 0 fully saturated rings. The quantitative estimate of drug-likeness (QED) is 0.849. The topological polar surface area (TPSA) is 56.7 Å². The van der Waals surface area contributed by atoms with E-state index in [0.29, 0.717) is 6.54 Å². The molecule has 4 nitrogen and oxygen atoms in total. The zero-order valence-electron chi connectivity index (χ0n) is 9.76. The van der Waals surface area contributed by atoms with Gasteiger partial charge >= 0.3 is 0 Å². The number of hydrogen-bond donors (Lipinski definition) is 1. The van der Waals surface area contributed by atoms with Gasteiger partial charge in [-0.3, -0.25) is 4.57 Å². The van der Waals surface area contributed by atoms with Crippen LogP contribution in [0.15, 0.2) is 24.8 Å². The van der Waals surface area contributed by atoms with Crippen LogP contribution in [0, 0.1) is 0 Å². The second kappa shape index (κ2) is 4.30. The predicted molar refractivity (Wildman–Crippen MR) is 65.9 cm³/mol. The van der Waals surface area contributed by atoms with Gasteiger partial charge < -0.3 is 5.73 Å². The van der Waals surface area contributed by atoms with Gasteiger partial charge in [-0.15, -0.1) is 0 Å². The van der Waals surface area contributed by atoms with Gasteiger partial charge in [-0.1, -0.05) is 0 Å². The minimum absolute atomic E-state index is 0.522. The van der Waals surface area contributed by atoms with Gasteiger partial charge in [-0.05, 0) is 37.3 Å². The lowest BCUT2D eigenvalue weighted by atomic mass is 9.95. The maximum absolute atomic E-state index is 5.82. The number of pyridine rings is 1. The van der Waals surface area contributed by atoms with Gasteiger partial charge in [0, 0.05) is 30.2 Å².